The molecule has 4 nitrogen and oxygen atoms in total. The van der Waals surface area contributed by atoms with Gasteiger partial charge in [0, 0.05) is 12.5 Å². The quantitative estimate of drug-likeness (QED) is 0.292. The summed E-state index contributed by atoms with van der Waals surface area (Å²) in [7, 11) is -1.90. The number of rotatable bonds is 4. The van der Waals surface area contributed by atoms with Crippen LogP contribution in [-0.2, 0) is 18.7 Å². The second-order valence-electron chi connectivity index (χ2n) is 10.4. The van der Waals surface area contributed by atoms with Crippen LogP contribution in [0.4, 0.5) is 0 Å². The van der Waals surface area contributed by atoms with Gasteiger partial charge in [0.25, 0.3) is 0 Å². The molecule has 0 aromatic rings. The van der Waals surface area contributed by atoms with Crippen molar-refractivity contribution >= 4 is 25.9 Å². The van der Waals surface area contributed by atoms with Crippen molar-refractivity contribution in [3.8, 4) is 0 Å². The van der Waals surface area contributed by atoms with Gasteiger partial charge in [-0.3, -0.25) is 4.79 Å². The molecule has 25 heavy (non-hydrogen) atoms. The lowest BCUT2D eigenvalue weighted by molar-refractivity contribution is -0.156. The van der Waals surface area contributed by atoms with Gasteiger partial charge in [0.1, 0.15) is 11.2 Å². The third-order valence-electron chi connectivity index (χ3n) is 5.97. The highest BCUT2D eigenvalue weighted by molar-refractivity contribution is 6.74. The van der Waals surface area contributed by atoms with Crippen LogP contribution in [0.25, 0.3) is 0 Å². The molecule has 6 heteroatoms. The highest BCUT2D eigenvalue weighted by atomic mass is 35.5. The van der Waals surface area contributed by atoms with Gasteiger partial charge in [0.2, 0.25) is 0 Å². The minimum absolute atomic E-state index is 0.0291. The number of carbonyl (C=O) groups excluding carboxylic acids is 1. The van der Waals surface area contributed by atoms with Gasteiger partial charge in [0.05, 0.1) is 17.4 Å². The molecule has 0 amide bonds. The van der Waals surface area contributed by atoms with Crippen molar-refractivity contribution in [1.82, 2.24) is 0 Å². The highest BCUT2D eigenvalue weighted by Gasteiger charge is 2.69. The molecule has 1 saturated heterocycles. The van der Waals surface area contributed by atoms with E-state index in [9.17, 15) is 4.79 Å². The Balaban J connectivity index is 2.11. The van der Waals surface area contributed by atoms with E-state index in [1.807, 2.05) is 27.7 Å². The molecule has 0 N–H and O–H groups in total. The maximum absolute atomic E-state index is 12.4. The molecule has 0 bridgehead atoms. The van der Waals surface area contributed by atoms with E-state index in [-0.39, 0.29) is 29.6 Å². The number of alkyl halides is 1. The molecule has 0 radical (unpaired) electrons. The molecule has 1 heterocycles. The molecule has 4 atom stereocenters. The van der Waals surface area contributed by atoms with Crippen LogP contribution in [0.3, 0.4) is 0 Å². The lowest BCUT2D eigenvalue weighted by Crippen LogP contribution is -2.53. The summed E-state index contributed by atoms with van der Waals surface area (Å²) in [4.78, 5) is 11.6. The first-order valence-corrected chi connectivity index (χ1v) is 12.5. The third kappa shape index (κ3) is 4.42. The molecule has 2 fully saturated rings. The Bertz CT molecular complexity index is 537. The van der Waals surface area contributed by atoms with Gasteiger partial charge in [0.15, 0.2) is 8.32 Å². The van der Waals surface area contributed by atoms with Gasteiger partial charge in [-0.1, -0.05) is 20.8 Å². The summed E-state index contributed by atoms with van der Waals surface area (Å²) >= 11 is 6.98. The predicted molar refractivity (Wildman–Crippen MR) is 104 cm³/mol. The Kier molecular flexibility index (Phi) is 5.27. The molecule has 2 aliphatic rings. The van der Waals surface area contributed by atoms with E-state index in [1.54, 1.807) is 0 Å². The van der Waals surface area contributed by atoms with Gasteiger partial charge in [-0.05, 0) is 52.2 Å². The number of ether oxygens (including phenoxy) is 2. The number of epoxide rings is 1. The lowest BCUT2D eigenvalue weighted by atomic mass is 9.76. The number of esters is 1. The maximum atomic E-state index is 12.4. The zero-order valence-corrected chi connectivity index (χ0v) is 19.0. The molecule has 0 spiro atoms. The zero-order valence-electron chi connectivity index (χ0n) is 17.3. The van der Waals surface area contributed by atoms with Gasteiger partial charge in [-0.25, -0.2) is 0 Å². The topological polar surface area (TPSA) is 48.1 Å². The fourth-order valence-electron chi connectivity index (χ4n) is 3.35. The Hall–Kier alpha value is -0.103. The summed E-state index contributed by atoms with van der Waals surface area (Å²) in [6.07, 6.45) is 1.72. The van der Waals surface area contributed by atoms with Crippen LogP contribution >= 0.6 is 11.6 Å². The van der Waals surface area contributed by atoms with E-state index in [2.05, 4.69) is 33.9 Å². The first-order chi connectivity index (χ1) is 11.0. The SMILES string of the molecule is CC(C)(C)OC(=O)CC1(Cl)C[C@@H](O[Si](C)(C)C(C)(C)C)C[C@H]2O[C@]21C. The lowest BCUT2D eigenvalue weighted by Gasteiger charge is -2.44. The van der Waals surface area contributed by atoms with Crippen LogP contribution in [0.15, 0.2) is 0 Å². The van der Waals surface area contributed by atoms with Crippen molar-refractivity contribution in [3.63, 3.8) is 0 Å². The molecule has 1 saturated carbocycles. The molecule has 1 aliphatic heterocycles. The Morgan fingerprint density at radius 2 is 1.80 bits per heavy atom. The van der Waals surface area contributed by atoms with Crippen LogP contribution in [0.1, 0.15) is 67.7 Å². The van der Waals surface area contributed by atoms with Gasteiger partial charge in [-0.2, -0.15) is 0 Å². The molecular weight excluding hydrogens is 356 g/mol. The largest absolute Gasteiger partial charge is 0.460 e. The summed E-state index contributed by atoms with van der Waals surface area (Å²) in [6.45, 7) is 18.8. The Labute approximate surface area is 159 Å². The second-order valence-corrected chi connectivity index (χ2v) is 15.9. The van der Waals surface area contributed by atoms with Crippen molar-refractivity contribution in [2.45, 2.75) is 114 Å². The first-order valence-electron chi connectivity index (χ1n) is 9.26. The number of halogens is 1. The van der Waals surface area contributed by atoms with Gasteiger partial charge in [-0.15, -0.1) is 11.6 Å². The van der Waals surface area contributed by atoms with Crippen molar-refractivity contribution < 1.29 is 18.7 Å². The second kappa shape index (κ2) is 6.22. The van der Waals surface area contributed by atoms with Crippen molar-refractivity contribution in [2.75, 3.05) is 0 Å². The van der Waals surface area contributed by atoms with Crippen LogP contribution in [0, 0.1) is 0 Å². The fourth-order valence-corrected chi connectivity index (χ4v) is 5.17. The number of hydrogen-bond acceptors (Lipinski definition) is 4. The normalized spacial score (nSPS) is 35.9. The Morgan fingerprint density at radius 3 is 2.28 bits per heavy atom. The molecule has 0 aromatic carbocycles. The highest BCUT2D eigenvalue weighted by Crippen LogP contribution is 2.59. The monoisotopic (exact) mass is 390 g/mol. The number of carbonyl (C=O) groups is 1. The van der Waals surface area contributed by atoms with E-state index >= 15 is 0 Å². The summed E-state index contributed by atoms with van der Waals surface area (Å²) in [5, 5.41) is 0.137. The molecule has 2 rings (SSSR count). The van der Waals surface area contributed by atoms with Gasteiger partial charge >= 0.3 is 5.97 Å². The fraction of sp³-hybridized carbons (Fsp3) is 0.947. The van der Waals surface area contributed by atoms with E-state index in [0.29, 0.717) is 6.42 Å². The van der Waals surface area contributed by atoms with Crippen LogP contribution < -0.4 is 0 Å². The van der Waals surface area contributed by atoms with Crippen LogP contribution in [0.5, 0.6) is 0 Å². The average molecular weight is 391 g/mol. The molecule has 1 aliphatic carbocycles. The predicted octanol–water partition coefficient (Wildman–Crippen LogP) is 5.04. The van der Waals surface area contributed by atoms with Crippen LogP contribution in [-0.4, -0.2) is 42.6 Å². The van der Waals surface area contributed by atoms with E-state index in [1.165, 1.54) is 0 Å². The smallest absolute Gasteiger partial charge is 0.308 e. The average Bonchev–Trinajstić information content (AvgIpc) is 2.96. The summed E-state index contributed by atoms with van der Waals surface area (Å²) in [6, 6.07) is 0. The Morgan fingerprint density at radius 1 is 1.24 bits per heavy atom. The summed E-state index contributed by atoms with van der Waals surface area (Å²) < 4.78 is 18.0. The van der Waals surface area contributed by atoms with E-state index in [0.717, 1.165) is 6.42 Å². The van der Waals surface area contributed by atoms with Crippen molar-refractivity contribution in [2.24, 2.45) is 0 Å². The molecule has 0 aromatic heterocycles. The van der Waals surface area contributed by atoms with E-state index < -0.39 is 24.4 Å². The zero-order chi connectivity index (χ0) is 19.5. The van der Waals surface area contributed by atoms with Gasteiger partial charge < -0.3 is 13.9 Å². The third-order valence-corrected chi connectivity index (χ3v) is 11.2. The van der Waals surface area contributed by atoms with Crippen molar-refractivity contribution in [3.05, 3.63) is 0 Å². The first kappa shape index (κ1) is 21.2. The molecular formula is C19H35ClO4Si. The number of fused-ring (bicyclic) bond motifs is 1. The minimum atomic E-state index is -1.90. The minimum Gasteiger partial charge on any atom is -0.460 e. The van der Waals surface area contributed by atoms with Crippen molar-refractivity contribution in [1.29, 1.82) is 0 Å². The van der Waals surface area contributed by atoms with Crippen LogP contribution in [0.2, 0.25) is 18.1 Å². The van der Waals surface area contributed by atoms with E-state index in [4.69, 9.17) is 25.5 Å². The molecule has 146 valence electrons. The standard InChI is InChI=1S/C19H35ClO4Si/c1-16(2,3)23-15(21)12-19(20)11-13(10-14-18(19,7)22-14)24-25(8,9)17(4,5)6/h13-14H,10-12H2,1-9H3/t13-,14+,18+,19?/m0/s1. The summed E-state index contributed by atoms with van der Waals surface area (Å²) in [5.74, 6) is -0.272. The number of hydrogen-bond donors (Lipinski definition) is 0. The molecule has 1 unspecified atom stereocenters. The maximum Gasteiger partial charge on any atom is 0.308 e. The summed E-state index contributed by atoms with van der Waals surface area (Å²) in [5.41, 5.74) is -0.973.